The van der Waals surface area contributed by atoms with Crippen LogP contribution in [0.4, 0.5) is 10.1 Å². The van der Waals surface area contributed by atoms with Gasteiger partial charge in [0.25, 0.3) is 0 Å². The second-order valence-electron chi connectivity index (χ2n) is 2.11. The van der Waals surface area contributed by atoms with E-state index in [1.807, 2.05) is 0 Å². The fourth-order valence-corrected chi connectivity index (χ4v) is 1.12. The molecular weight excluding hydrogens is 201 g/mol. The monoisotopic (exact) mass is 204 g/mol. The third-order valence-electron chi connectivity index (χ3n) is 1.31. The number of nitro benzene ring substituents is 1. The molecule has 0 saturated heterocycles. The van der Waals surface area contributed by atoms with E-state index in [1.165, 1.54) is 0 Å². The zero-order valence-corrected chi connectivity index (χ0v) is 6.91. The Hall–Kier alpha value is -1.34. The molecule has 7 heteroatoms. The molecular formula is C6H3FNO4S-. The molecule has 0 saturated carbocycles. The van der Waals surface area contributed by atoms with Gasteiger partial charge in [-0.25, -0.2) is 0 Å². The Morgan fingerprint density at radius 3 is 2.54 bits per heavy atom. The molecule has 1 rings (SSSR count). The molecule has 0 spiro atoms. The largest absolute Gasteiger partial charge is 0.768 e. The number of benzene rings is 1. The minimum Gasteiger partial charge on any atom is -0.768 e. The first-order valence-electron chi connectivity index (χ1n) is 3.05. The van der Waals surface area contributed by atoms with Crippen molar-refractivity contribution < 1.29 is 18.1 Å². The Labute approximate surface area is 74.6 Å². The highest BCUT2D eigenvalue weighted by molar-refractivity contribution is 7.79. The Morgan fingerprint density at radius 2 is 2.08 bits per heavy atom. The third kappa shape index (κ3) is 2.07. The fraction of sp³-hybridized carbons (Fsp3) is 0. The van der Waals surface area contributed by atoms with Crippen LogP contribution in [0, 0.1) is 15.9 Å². The molecule has 0 heterocycles. The van der Waals surface area contributed by atoms with Gasteiger partial charge in [0.2, 0.25) is 5.82 Å². The van der Waals surface area contributed by atoms with Crippen molar-refractivity contribution >= 4 is 16.8 Å². The summed E-state index contributed by atoms with van der Waals surface area (Å²) >= 11 is -2.59. The van der Waals surface area contributed by atoms with Crippen molar-refractivity contribution in [3.8, 4) is 0 Å². The van der Waals surface area contributed by atoms with E-state index in [9.17, 15) is 23.3 Å². The Balaban J connectivity index is 3.27. The second-order valence-corrected chi connectivity index (χ2v) is 3.05. The van der Waals surface area contributed by atoms with Crippen molar-refractivity contribution in [1.82, 2.24) is 0 Å². The SMILES string of the molecule is O=[N+]([O-])c1cc(S(=O)[O-])ccc1F. The van der Waals surface area contributed by atoms with E-state index in [1.54, 1.807) is 0 Å². The zero-order valence-electron chi connectivity index (χ0n) is 6.10. The molecule has 1 atom stereocenters. The lowest BCUT2D eigenvalue weighted by Crippen LogP contribution is -1.95. The van der Waals surface area contributed by atoms with Crippen LogP contribution in [-0.4, -0.2) is 13.7 Å². The van der Waals surface area contributed by atoms with E-state index in [0.717, 1.165) is 12.1 Å². The molecule has 0 N–H and O–H groups in total. The van der Waals surface area contributed by atoms with Gasteiger partial charge < -0.3 is 4.55 Å². The number of nitro groups is 1. The van der Waals surface area contributed by atoms with Crippen LogP contribution in [0.2, 0.25) is 0 Å². The average Bonchev–Trinajstić information content (AvgIpc) is 2.04. The van der Waals surface area contributed by atoms with E-state index in [4.69, 9.17) is 0 Å². The summed E-state index contributed by atoms with van der Waals surface area (Å²) < 4.78 is 33.3. The summed E-state index contributed by atoms with van der Waals surface area (Å²) in [5.41, 5.74) is -0.846. The minimum absolute atomic E-state index is 0.312. The van der Waals surface area contributed by atoms with Gasteiger partial charge in [0.1, 0.15) is 0 Å². The first-order chi connectivity index (χ1) is 6.02. The van der Waals surface area contributed by atoms with Gasteiger partial charge in [-0.05, 0) is 23.2 Å². The number of halogens is 1. The van der Waals surface area contributed by atoms with Crippen LogP contribution in [0.15, 0.2) is 23.1 Å². The summed E-state index contributed by atoms with van der Waals surface area (Å²) in [6.45, 7) is 0. The Morgan fingerprint density at radius 1 is 1.46 bits per heavy atom. The molecule has 0 aliphatic heterocycles. The highest BCUT2D eigenvalue weighted by atomic mass is 32.2. The standard InChI is InChI=1S/C6H4FNO4S/c7-5-2-1-4(13(11)12)3-6(5)8(9)10/h1-3H,(H,11,12)/p-1. The van der Waals surface area contributed by atoms with E-state index >= 15 is 0 Å². The second kappa shape index (κ2) is 3.58. The van der Waals surface area contributed by atoms with Gasteiger partial charge in [0.05, 0.1) is 4.92 Å². The third-order valence-corrected chi connectivity index (χ3v) is 1.95. The van der Waals surface area contributed by atoms with Crippen molar-refractivity contribution in [2.75, 3.05) is 0 Å². The number of nitrogens with zero attached hydrogens (tertiary/aromatic N) is 1. The van der Waals surface area contributed by atoms with Gasteiger partial charge in [-0.15, -0.1) is 0 Å². The predicted octanol–water partition coefficient (Wildman–Crippen LogP) is 0.972. The molecule has 0 aromatic heterocycles. The molecule has 1 aromatic carbocycles. The van der Waals surface area contributed by atoms with Gasteiger partial charge in [0.15, 0.2) is 0 Å². The summed E-state index contributed by atoms with van der Waals surface area (Å²) in [5.74, 6) is -1.06. The summed E-state index contributed by atoms with van der Waals surface area (Å²) in [5, 5.41) is 10.2. The normalized spacial score (nSPS) is 12.5. The van der Waals surface area contributed by atoms with Crippen molar-refractivity contribution in [2.45, 2.75) is 4.90 Å². The van der Waals surface area contributed by atoms with Gasteiger partial charge in [-0.1, -0.05) is 0 Å². The maximum Gasteiger partial charge on any atom is 0.305 e. The minimum atomic E-state index is -2.59. The van der Waals surface area contributed by atoms with Gasteiger partial charge in [0, 0.05) is 11.0 Å². The van der Waals surface area contributed by atoms with Gasteiger partial charge >= 0.3 is 5.69 Å². The number of rotatable bonds is 2. The Kier molecular flexibility index (Phi) is 2.69. The zero-order chi connectivity index (χ0) is 10.0. The smallest absolute Gasteiger partial charge is 0.305 e. The molecule has 1 aromatic rings. The molecule has 0 fully saturated rings. The molecule has 5 nitrogen and oxygen atoms in total. The van der Waals surface area contributed by atoms with Crippen LogP contribution in [0.25, 0.3) is 0 Å². The Bertz CT molecular complexity index is 381. The van der Waals surface area contributed by atoms with E-state index in [2.05, 4.69) is 0 Å². The maximum absolute atomic E-state index is 12.6. The molecule has 0 aliphatic rings. The van der Waals surface area contributed by atoms with E-state index in [-0.39, 0.29) is 4.90 Å². The lowest BCUT2D eigenvalue weighted by Gasteiger charge is -2.03. The molecule has 0 aliphatic carbocycles. The fourth-order valence-electron chi connectivity index (χ4n) is 0.736. The molecule has 70 valence electrons. The van der Waals surface area contributed by atoms with Crippen LogP contribution in [0.5, 0.6) is 0 Å². The van der Waals surface area contributed by atoms with Crippen molar-refractivity contribution in [1.29, 1.82) is 0 Å². The lowest BCUT2D eigenvalue weighted by atomic mass is 10.3. The highest BCUT2D eigenvalue weighted by Gasteiger charge is 2.14. The van der Waals surface area contributed by atoms with Crippen LogP contribution < -0.4 is 0 Å². The topological polar surface area (TPSA) is 83.3 Å². The number of hydrogen-bond donors (Lipinski definition) is 0. The summed E-state index contributed by atoms with van der Waals surface area (Å²) in [6, 6.07) is 2.35. The van der Waals surface area contributed by atoms with Crippen molar-refractivity contribution in [3.63, 3.8) is 0 Å². The van der Waals surface area contributed by atoms with Gasteiger partial charge in [-0.3, -0.25) is 14.3 Å². The quantitative estimate of drug-likeness (QED) is 0.408. The summed E-state index contributed by atoms with van der Waals surface area (Å²) in [6.07, 6.45) is 0. The average molecular weight is 204 g/mol. The van der Waals surface area contributed by atoms with Crippen LogP contribution in [0.1, 0.15) is 0 Å². The first kappa shape index (κ1) is 9.75. The maximum atomic E-state index is 12.6. The molecule has 13 heavy (non-hydrogen) atoms. The summed E-state index contributed by atoms with van der Waals surface area (Å²) in [7, 11) is 0. The van der Waals surface area contributed by atoms with Gasteiger partial charge in [-0.2, -0.15) is 4.39 Å². The van der Waals surface area contributed by atoms with E-state index < -0.39 is 27.5 Å². The predicted molar refractivity (Wildman–Crippen MR) is 40.2 cm³/mol. The lowest BCUT2D eigenvalue weighted by molar-refractivity contribution is -0.387. The molecule has 0 bridgehead atoms. The van der Waals surface area contributed by atoms with Crippen LogP contribution in [-0.2, 0) is 11.1 Å². The van der Waals surface area contributed by atoms with Crippen LogP contribution >= 0.6 is 0 Å². The molecule has 1 unspecified atom stereocenters. The molecule has 0 radical (unpaired) electrons. The highest BCUT2D eigenvalue weighted by Crippen LogP contribution is 2.19. The van der Waals surface area contributed by atoms with Crippen molar-refractivity contribution in [3.05, 3.63) is 34.1 Å². The summed E-state index contributed by atoms with van der Waals surface area (Å²) in [4.78, 5) is 8.87. The molecule has 0 amide bonds. The van der Waals surface area contributed by atoms with E-state index in [0.29, 0.717) is 6.07 Å². The van der Waals surface area contributed by atoms with Crippen molar-refractivity contribution in [2.24, 2.45) is 0 Å². The first-order valence-corrected chi connectivity index (χ1v) is 4.13. The number of hydrogen-bond acceptors (Lipinski definition) is 4. The van der Waals surface area contributed by atoms with Crippen LogP contribution in [0.3, 0.4) is 0 Å².